The van der Waals surface area contributed by atoms with Gasteiger partial charge in [0.15, 0.2) is 5.76 Å². The monoisotopic (exact) mass is 383 g/mol. The van der Waals surface area contributed by atoms with Gasteiger partial charge in [0.2, 0.25) is 5.76 Å². The highest BCUT2D eigenvalue weighted by Gasteiger charge is 2.19. The van der Waals surface area contributed by atoms with Gasteiger partial charge in [0.1, 0.15) is 17.2 Å². The van der Waals surface area contributed by atoms with E-state index in [9.17, 15) is 4.79 Å². The summed E-state index contributed by atoms with van der Waals surface area (Å²) in [6.45, 7) is 3.83. The smallest absolute Gasteiger partial charge is 0.373 e. The van der Waals surface area contributed by atoms with Crippen molar-refractivity contribution in [2.75, 3.05) is 20.8 Å². The average Bonchev–Trinajstić information content (AvgIpc) is 3.35. The van der Waals surface area contributed by atoms with Crippen LogP contribution in [0.4, 0.5) is 0 Å². The SMILES string of the molecule is CCOC(=O)C(=Cc1ccc(-c2nc(-c3ccco3)oc2C)c(OC)c1)OC. The third-order valence-corrected chi connectivity index (χ3v) is 4.00. The summed E-state index contributed by atoms with van der Waals surface area (Å²) in [7, 11) is 2.99. The minimum Gasteiger partial charge on any atom is -0.496 e. The number of carbonyl (C=O) groups excluding carboxylic acids is 1. The summed E-state index contributed by atoms with van der Waals surface area (Å²) in [6, 6.07) is 9.01. The molecule has 0 spiro atoms. The van der Waals surface area contributed by atoms with Crippen LogP contribution in [0.25, 0.3) is 29.0 Å². The van der Waals surface area contributed by atoms with Crippen LogP contribution in [0, 0.1) is 6.92 Å². The fourth-order valence-electron chi connectivity index (χ4n) is 2.70. The lowest BCUT2D eigenvalue weighted by atomic mass is 10.1. The van der Waals surface area contributed by atoms with E-state index in [2.05, 4.69) is 4.98 Å². The van der Waals surface area contributed by atoms with Gasteiger partial charge in [-0.25, -0.2) is 9.78 Å². The van der Waals surface area contributed by atoms with Crippen LogP contribution in [-0.2, 0) is 14.3 Å². The molecule has 0 amide bonds. The van der Waals surface area contributed by atoms with E-state index in [1.807, 2.05) is 19.1 Å². The molecule has 0 atom stereocenters. The van der Waals surface area contributed by atoms with E-state index in [0.29, 0.717) is 28.9 Å². The van der Waals surface area contributed by atoms with E-state index in [1.54, 1.807) is 44.6 Å². The molecule has 0 fully saturated rings. The minimum atomic E-state index is -0.525. The fourth-order valence-corrected chi connectivity index (χ4v) is 2.70. The first-order valence-corrected chi connectivity index (χ1v) is 8.69. The largest absolute Gasteiger partial charge is 0.496 e. The predicted molar refractivity (Wildman–Crippen MR) is 103 cm³/mol. The topological polar surface area (TPSA) is 83.9 Å². The van der Waals surface area contributed by atoms with Crippen molar-refractivity contribution in [1.82, 2.24) is 4.98 Å². The molecule has 2 heterocycles. The fraction of sp³-hybridized carbons (Fsp3) is 0.238. The van der Waals surface area contributed by atoms with E-state index in [4.69, 9.17) is 23.0 Å². The second kappa shape index (κ2) is 8.47. The zero-order chi connectivity index (χ0) is 20.1. The Labute approximate surface area is 162 Å². The van der Waals surface area contributed by atoms with Crippen LogP contribution in [0.15, 0.2) is 51.2 Å². The summed E-state index contributed by atoms with van der Waals surface area (Å²) in [5.41, 5.74) is 2.13. The Bertz CT molecular complexity index is 985. The molecule has 3 rings (SSSR count). The van der Waals surface area contributed by atoms with E-state index in [0.717, 1.165) is 11.1 Å². The van der Waals surface area contributed by atoms with Crippen molar-refractivity contribution in [3.63, 3.8) is 0 Å². The van der Waals surface area contributed by atoms with Crippen LogP contribution in [0.3, 0.4) is 0 Å². The van der Waals surface area contributed by atoms with Gasteiger partial charge < -0.3 is 23.0 Å². The summed E-state index contributed by atoms with van der Waals surface area (Å²) in [6.07, 6.45) is 3.15. The zero-order valence-corrected chi connectivity index (χ0v) is 16.1. The van der Waals surface area contributed by atoms with Crippen LogP contribution < -0.4 is 4.74 Å². The summed E-state index contributed by atoms with van der Waals surface area (Å²) in [5, 5.41) is 0. The maximum absolute atomic E-state index is 11.9. The second-order valence-corrected chi connectivity index (χ2v) is 5.79. The lowest BCUT2D eigenvalue weighted by Crippen LogP contribution is -2.08. The van der Waals surface area contributed by atoms with Crippen LogP contribution in [0.2, 0.25) is 0 Å². The maximum Gasteiger partial charge on any atom is 0.373 e. The van der Waals surface area contributed by atoms with Crippen molar-refractivity contribution in [3.8, 4) is 28.7 Å². The second-order valence-electron chi connectivity index (χ2n) is 5.79. The maximum atomic E-state index is 11.9. The first-order valence-electron chi connectivity index (χ1n) is 8.69. The van der Waals surface area contributed by atoms with Crippen LogP contribution in [0.1, 0.15) is 18.2 Å². The molecule has 3 aromatic rings. The van der Waals surface area contributed by atoms with Gasteiger partial charge in [-0.05, 0) is 49.8 Å². The molecular weight excluding hydrogens is 362 g/mol. The van der Waals surface area contributed by atoms with Gasteiger partial charge in [-0.15, -0.1) is 0 Å². The van der Waals surface area contributed by atoms with Crippen molar-refractivity contribution in [3.05, 3.63) is 53.7 Å². The number of esters is 1. The average molecular weight is 383 g/mol. The van der Waals surface area contributed by atoms with Crippen molar-refractivity contribution in [2.24, 2.45) is 0 Å². The number of rotatable bonds is 7. The lowest BCUT2D eigenvalue weighted by Gasteiger charge is -2.09. The Balaban J connectivity index is 1.97. The molecule has 0 bridgehead atoms. The van der Waals surface area contributed by atoms with E-state index >= 15 is 0 Å². The quantitative estimate of drug-likeness (QED) is 0.338. The molecular formula is C21H21NO6. The number of carbonyl (C=O) groups is 1. The highest BCUT2D eigenvalue weighted by Crippen LogP contribution is 2.35. The van der Waals surface area contributed by atoms with Gasteiger partial charge in [-0.1, -0.05) is 6.07 Å². The number of aromatic nitrogens is 1. The number of hydrogen-bond donors (Lipinski definition) is 0. The molecule has 0 aliphatic rings. The number of oxazole rings is 1. The third-order valence-electron chi connectivity index (χ3n) is 4.00. The number of hydrogen-bond acceptors (Lipinski definition) is 7. The number of furan rings is 1. The molecule has 0 N–H and O–H groups in total. The Morgan fingerprint density at radius 1 is 1.25 bits per heavy atom. The molecule has 7 nitrogen and oxygen atoms in total. The number of benzene rings is 1. The molecule has 0 unspecified atom stereocenters. The normalized spacial score (nSPS) is 11.4. The van der Waals surface area contributed by atoms with E-state index in [1.165, 1.54) is 7.11 Å². The molecule has 0 saturated heterocycles. The summed E-state index contributed by atoms with van der Waals surface area (Å²) in [5.74, 6) is 1.74. The minimum absolute atomic E-state index is 0.106. The Hall–Kier alpha value is -3.48. The summed E-state index contributed by atoms with van der Waals surface area (Å²) < 4.78 is 26.7. The molecule has 0 radical (unpaired) electrons. The zero-order valence-electron chi connectivity index (χ0n) is 16.1. The predicted octanol–water partition coefficient (Wildman–Crippen LogP) is 4.47. The number of methoxy groups -OCH3 is 2. The molecule has 146 valence electrons. The highest BCUT2D eigenvalue weighted by atomic mass is 16.6. The number of nitrogens with zero attached hydrogens (tertiary/aromatic N) is 1. The van der Waals surface area contributed by atoms with Gasteiger partial charge in [0, 0.05) is 5.56 Å². The van der Waals surface area contributed by atoms with Gasteiger partial charge in [-0.2, -0.15) is 0 Å². The molecule has 1 aromatic carbocycles. The third kappa shape index (κ3) is 3.93. The van der Waals surface area contributed by atoms with Gasteiger partial charge in [-0.3, -0.25) is 0 Å². The van der Waals surface area contributed by atoms with E-state index in [-0.39, 0.29) is 12.4 Å². The first kappa shape index (κ1) is 19.3. The molecule has 2 aromatic heterocycles. The number of aryl methyl sites for hydroxylation is 1. The van der Waals surface area contributed by atoms with Gasteiger partial charge >= 0.3 is 5.97 Å². The summed E-state index contributed by atoms with van der Waals surface area (Å²) in [4.78, 5) is 16.4. The van der Waals surface area contributed by atoms with Crippen LogP contribution >= 0.6 is 0 Å². The van der Waals surface area contributed by atoms with Crippen molar-refractivity contribution in [1.29, 1.82) is 0 Å². The van der Waals surface area contributed by atoms with Crippen molar-refractivity contribution < 1.29 is 27.8 Å². The number of ether oxygens (including phenoxy) is 3. The van der Waals surface area contributed by atoms with Crippen LogP contribution in [0.5, 0.6) is 5.75 Å². The van der Waals surface area contributed by atoms with Crippen LogP contribution in [-0.4, -0.2) is 31.8 Å². The van der Waals surface area contributed by atoms with E-state index < -0.39 is 5.97 Å². The van der Waals surface area contributed by atoms with Crippen molar-refractivity contribution >= 4 is 12.0 Å². The Morgan fingerprint density at radius 3 is 2.71 bits per heavy atom. The highest BCUT2D eigenvalue weighted by molar-refractivity contribution is 5.91. The lowest BCUT2D eigenvalue weighted by molar-refractivity contribution is -0.141. The molecule has 7 heteroatoms. The molecule has 0 aliphatic heterocycles. The van der Waals surface area contributed by atoms with Gasteiger partial charge in [0.05, 0.1) is 27.1 Å². The Kier molecular flexibility index (Phi) is 5.84. The molecule has 0 aliphatic carbocycles. The van der Waals surface area contributed by atoms with Gasteiger partial charge in [0.25, 0.3) is 5.89 Å². The Morgan fingerprint density at radius 2 is 2.07 bits per heavy atom. The van der Waals surface area contributed by atoms with Crippen molar-refractivity contribution in [2.45, 2.75) is 13.8 Å². The molecule has 0 saturated carbocycles. The first-order chi connectivity index (χ1) is 13.6. The molecule has 28 heavy (non-hydrogen) atoms. The summed E-state index contributed by atoms with van der Waals surface area (Å²) >= 11 is 0. The standard InChI is InChI=1S/C21H21NO6/c1-5-26-21(23)18(25-4)12-14-8-9-15(17(11-14)24-3)19-13(2)28-20(22-19)16-7-6-10-27-16/h6-12H,5H2,1-4H3.